The van der Waals surface area contributed by atoms with E-state index in [2.05, 4.69) is 0 Å². The monoisotopic (exact) mass is 275 g/mol. The van der Waals surface area contributed by atoms with E-state index in [1.807, 2.05) is 0 Å². The van der Waals surface area contributed by atoms with Crippen molar-refractivity contribution < 1.29 is 23.1 Å². The van der Waals surface area contributed by atoms with Gasteiger partial charge in [-0.3, -0.25) is 4.79 Å². The quantitative estimate of drug-likeness (QED) is 0.861. The highest BCUT2D eigenvalue weighted by molar-refractivity contribution is 8.00. The van der Waals surface area contributed by atoms with Crippen LogP contribution in [0.2, 0.25) is 0 Å². The summed E-state index contributed by atoms with van der Waals surface area (Å²) in [5, 5.41) is 17.5. The Hall–Kier alpha value is -1.68. The summed E-state index contributed by atoms with van der Waals surface area (Å²) in [4.78, 5) is 10.5. The average Bonchev–Trinajstić information content (AvgIpc) is 2.21. The smallest absolute Gasteiger partial charge is 0.446 e. The Morgan fingerprint density at radius 2 is 2.11 bits per heavy atom. The predicted octanol–water partition coefficient (Wildman–Crippen LogP) is 3.11. The molecule has 96 valence electrons. The lowest BCUT2D eigenvalue weighted by Gasteiger charge is -2.14. The Bertz CT molecular complexity index is 520. The van der Waals surface area contributed by atoms with Gasteiger partial charge < -0.3 is 5.11 Å². The maximum Gasteiger partial charge on any atom is 0.446 e. The van der Waals surface area contributed by atoms with E-state index in [1.54, 1.807) is 6.07 Å². The molecule has 0 aliphatic heterocycles. The number of nitrogens with zero attached hydrogens (tertiary/aromatic N) is 1. The normalized spacial score (nSPS) is 11.1. The second kappa shape index (κ2) is 5.31. The zero-order valence-electron chi connectivity index (χ0n) is 9.21. The van der Waals surface area contributed by atoms with Gasteiger partial charge >= 0.3 is 11.5 Å². The largest absolute Gasteiger partial charge is 0.481 e. The number of benzene rings is 1. The van der Waals surface area contributed by atoms with Crippen molar-refractivity contribution in [3.8, 4) is 6.07 Å². The fourth-order valence-corrected chi connectivity index (χ4v) is 2.20. The molecule has 0 radical (unpaired) electrons. The molecule has 1 N–H and O–H groups in total. The zero-order valence-corrected chi connectivity index (χ0v) is 10.0. The highest BCUT2D eigenvalue weighted by Crippen LogP contribution is 2.41. The fourth-order valence-electron chi connectivity index (χ4n) is 1.43. The summed E-state index contributed by atoms with van der Waals surface area (Å²) in [6.45, 7) is 1.45. The molecule has 1 aromatic carbocycles. The minimum atomic E-state index is -4.52. The number of halogens is 3. The molecule has 7 heteroatoms. The van der Waals surface area contributed by atoms with Crippen LogP contribution in [0.25, 0.3) is 0 Å². The van der Waals surface area contributed by atoms with Gasteiger partial charge in [0.25, 0.3) is 0 Å². The van der Waals surface area contributed by atoms with Gasteiger partial charge in [-0.05, 0) is 35.9 Å². The highest BCUT2D eigenvalue weighted by Gasteiger charge is 2.32. The lowest BCUT2D eigenvalue weighted by Crippen LogP contribution is -2.08. The number of hydrogen-bond acceptors (Lipinski definition) is 3. The molecule has 0 amide bonds. The van der Waals surface area contributed by atoms with Gasteiger partial charge in [0.15, 0.2) is 0 Å². The number of carboxylic acids is 1. The second-order valence-electron chi connectivity index (χ2n) is 3.47. The minimum Gasteiger partial charge on any atom is -0.481 e. The first-order chi connectivity index (χ1) is 8.24. The van der Waals surface area contributed by atoms with Crippen molar-refractivity contribution in [2.24, 2.45) is 0 Å². The Balaban J connectivity index is 3.37. The summed E-state index contributed by atoms with van der Waals surface area (Å²) in [5.74, 6) is -1.28. The molecule has 0 unspecified atom stereocenters. The molecule has 1 aromatic rings. The molecule has 0 aromatic heterocycles. The average molecular weight is 275 g/mol. The standard InChI is InChI=1S/C11H8F3NO2S/c1-6-2-3-7(5-15)8(4-9(16)17)10(6)18-11(12,13)14/h2-3H,4H2,1H3,(H,16,17). The number of hydrogen-bond donors (Lipinski definition) is 1. The van der Waals surface area contributed by atoms with Crippen LogP contribution >= 0.6 is 11.8 Å². The number of aliphatic carboxylic acids is 1. The number of thioether (sulfide) groups is 1. The van der Waals surface area contributed by atoms with Crippen molar-refractivity contribution in [2.75, 3.05) is 0 Å². The Labute approximate surface area is 105 Å². The summed E-state index contributed by atoms with van der Waals surface area (Å²) < 4.78 is 37.2. The Kier molecular flexibility index (Phi) is 4.24. The number of carbonyl (C=O) groups is 1. The third-order valence-electron chi connectivity index (χ3n) is 2.12. The van der Waals surface area contributed by atoms with E-state index < -0.39 is 17.9 Å². The molecule has 0 aliphatic rings. The number of alkyl halides is 3. The summed E-state index contributed by atoms with van der Waals surface area (Å²) in [7, 11) is 0. The first-order valence-corrected chi connectivity index (χ1v) is 5.56. The van der Waals surface area contributed by atoms with Crippen LogP contribution in [0.4, 0.5) is 13.2 Å². The zero-order chi connectivity index (χ0) is 13.9. The third-order valence-corrected chi connectivity index (χ3v) is 3.13. The van der Waals surface area contributed by atoms with Gasteiger partial charge in [-0.15, -0.1) is 0 Å². The highest BCUT2D eigenvalue weighted by atomic mass is 32.2. The second-order valence-corrected chi connectivity index (χ2v) is 4.54. The summed E-state index contributed by atoms with van der Waals surface area (Å²) >= 11 is -0.389. The van der Waals surface area contributed by atoms with Gasteiger partial charge in [-0.1, -0.05) is 6.07 Å². The van der Waals surface area contributed by atoms with Gasteiger partial charge in [0.05, 0.1) is 18.1 Å². The third kappa shape index (κ3) is 3.67. The van der Waals surface area contributed by atoms with Crippen LogP contribution in [-0.4, -0.2) is 16.6 Å². The number of rotatable bonds is 3. The van der Waals surface area contributed by atoms with E-state index in [4.69, 9.17) is 10.4 Å². The molecule has 0 fully saturated rings. The van der Waals surface area contributed by atoms with Gasteiger partial charge in [0, 0.05) is 4.90 Å². The van der Waals surface area contributed by atoms with Crippen molar-refractivity contribution in [1.82, 2.24) is 0 Å². The summed E-state index contributed by atoms with van der Waals surface area (Å²) in [5.41, 5.74) is -4.36. The molecule has 1 rings (SSSR count). The molecular weight excluding hydrogens is 267 g/mol. The van der Waals surface area contributed by atoms with E-state index in [0.29, 0.717) is 5.56 Å². The van der Waals surface area contributed by atoms with E-state index in [0.717, 1.165) is 0 Å². The molecule has 0 saturated carbocycles. The minimum absolute atomic E-state index is 0.0465. The van der Waals surface area contributed by atoms with Gasteiger partial charge in [0.2, 0.25) is 0 Å². The van der Waals surface area contributed by atoms with E-state index in [-0.39, 0.29) is 27.8 Å². The van der Waals surface area contributed by atoms with Crippen LogP contribution in [0.1, 0.15) is 16.7 Å². The Morgan fingerprint density at radius 3 is 2.56 bits per heavy atom. The van der Waals surface area contributed by atoms with Crippen molar-refractivity contribution in [2.45, 2.75) is 23.7 Å². The predicted molar refractivity (Wildman–Crippen MR) is 59.1 cm³/mol. The number of aryl methyl sites for hydroxylation is 1. The van der Waals surface area contributed by atoms with E-state index in [1.165, 1.54) is 19.1 Å². The van der Waals surface area contributed by atoms with Crippen molar-refractivity contribution in [1.29, 1.82) is 5.26 Å². The number of carboxylic acid groups (broad SMARTS) is 1. The molecule has 0 saturated heterocycles. The van der Waals surface area contributed by atoms with Crippen LogP contribution in [0.15, 0.2) is 17.0 Å². The molecule has 18 heavy (non-hydrogen) atoms. The molecule has 0 heterocycles. The maximum atomic E-state index is 12.4. The molecule has 0 atom stereocenters. The molecule has 0 aliphatic carbocycles. The summed E-state index contributed by atoms with van der Waals surface area (Å²) in [6, 6.07) is 4.41. The molecule has 3 nitrogen and oxygen atoms in total. The fraction of sp³-hybridized carbons (Fsp3) is 0.273. The molecule has 0 spiro atoms. The van der Waals surface area contributed by atoms with Crippen molar-refractivity contribution >= 4 is 17.7 Å². The van der Waals surface area contributed by atoms with Gasteiger partial charge in [0.1, 0.15) is 0 Å². The van der Waals surface area contributed by atoms with Crippen LogP contribution < -0.4 is 0 Å². The van der Waals surface area contributed by atoms with E-state index in [9.17, 15) is 18.0 Å². The van der Waals surface area contributed by atoms with Crippen LogP contribution in [0.3, 0.4) is 0 Å². The van der Waals surface area contributed by atoms with Gasteiger partial charge in [-0.2, -0.15) is 18.4 Å². The SMILES string of the molecule is Cc1ccc(C#N)c(CC(=O)O)c1SC(F)(F)F. The maximum absolute atomic E-state index is 12.4. The molecular formula is C11H8F3NO2S. The first kappa shape index (κ1) is 14.4. The number of nitriles is 1. The topological polar surface area (TPSA) is 61.1 Å². The van der Waals surface area contributed by atoms with E-state index >= 15 is 0 Å². The van der Waals surface area contributed by atoms with Crippen LogP contribution in [0, 0.1) is 18.3 Å². The first-order valence-electron chi connectivity index (χ1n) is 4.74. The van der Waals surface area contributed by atoms with Crippen molar-refractivity contribution in [3.05, 3.63) is 28.8 Å². The lowest BCUT2D eigenvalue weighted by atomic mass is 10.0. The Morgan fingerprint density at radius 1 is 1.50 bits per heavy atom. The van der Waals surface area contributed by atoms with Crippen LogP contribution in [-0.2, 0) is 11.2 Å². The lowest BCUT2D eigenvalue weighted by molar-refractivity contribution is -0.136. The van der Waals surface area contributed by atoms with Crippen LogP contribution in [0.5, 0.6) is 0 Å². The van der Waals surface area contributed by atoms with Gasteiger partial charge in [-0.25, -0.2) is 0 Å². The summed E-state index contributed by atoms with van der Waals surface area (Å²) in [6.07, 6.45) is -0.608. The van der Waals surface area contributed by atoms with Crippen molar-refractivity contribution in [3.63, 3.8) is 0 Å². The molecule has 0 bridgehead atoms.